The number of ether oxygens (including phenoxy) is 4. The molecule has 12 heteroatoms. The fraction of sp³-hybridized carbons (Fsp3) is 0.423. The first-order valence-corrected chi connectivity index (χ1v) is 12.2. The van der Waals surface area contributed by atoms with Gasteiger partial charge in [0.1, 0.15) is 11.2 Å². The molecule has 3 heterocycles. The first kappa shape index (κ1) is 25.7. The summed E-state index contributed by atoms with van der Waals surface area (Å²) >= 11 is 0. The molecular formula is C26H28FN5O6. The molecule has 1 saturated carbocycles. The van der Waals surface area contributed by atoms with Crippen LogP contribution in [0.1, 0.15) is 45.7 Å². The van der Waals surface area contributed by atoms with Gasteiger partial charge in [0.15, 0.2) is 11.4 Å². The van der Waals surface area contributed by atoms with Gasteiger partial charge >= 0.3 is 12.0 Å². The predicted octanol–water partition coefficient (Wildman–Crippen LogP) is 3.07. The minimum Gasteiger partial charge on any atom is -0.461 e. The second-order valence-corrected chi connectivity index (χ2v) is 10.0. The van der Waals surface area contributed by atoms with Crippen molar-refractivity contribution in [1.29, 1.82) is 0 Å². The van der Waals surface area contributed by atoms with Crippen molar-refractivity contribution in [2.24, 2.45) is 11.1 Å². The fourth-order valence-corrected chi connectivity index (χ4v) is 3.95. The number of carbonyl (C=O) groups is 2. The average Bonchev–Trinajstić information content (AvgIpc) is 3.54. The van der Waals surface area contributed by atoms with Crippen molar-refractivity contribution in [1.82, 2.24) is 19.9 Å². The molecule has 0 radical (unpaired) electrons. The average molecular weight is 526 g/mol. The van der Waals surface area contributed by atoms with E-state index in [-0.39, 0.29) is 31.1 Å². The summed E-state index contributed by atoms with van der Waals surface area (Å²) < 4.78 is 36.4. The number of hydrogen-bond donors (Lipinski definition) is 2. The van der Waals surface area contributed by atoms with Crippen LogP contribution in [0.5, 0.6) is 6.01 Å². The molecule has 1 aliphatic heterocycles. The van der Waals surface area contributed by atoms with E-state index in [4.69, 9.17) is 24.7 Å². The van der Waals surface area contributed by atoms with E-state index in [1.165, 1.54) is 12.1 Å². The van der Waals surface area contributed by atoms with E-state index in [0.29, 0.717) is 41.3 Å². The number of H-pyrrole nitrogens is 1. The van der Waals surface area contributed by atoms with Gasteiger partial charge < -0.3 is 29.7 Å². The van der Waals surface area contributed by atoms with Crippen LogP contribution in [0.25, 0.3) is 22.6 Å². The van der Waals surface area contributed by atoms with Gasteiger partial charge in [-0.3, -0.25) is 9.59 Å². The van der Waals surface area contributed by atoms with E-state index in [1.54, 1.807) is 31.3 Å². The zero-order chi connectivity index (χ0) is 27.1. The first-order chi connectivity index (χ1) is 18.1. The summed E-state index contributed by atoms with van der Waals surface area (Å²) in [5.41, 5.74) is 5.17. The highest BCUT2D eigenvalue weighted by atomic mass is 19.1. The third-order valence-electron chi connectivity index (χ3n) is 6.33. The maximum absolute atomic E-state index is 13.6. The zero-order valence-electron chi connectivity index (χ0n) is 21.2. The van der Waals surface area contributed by atoms with Gasteiger partial charge in [-0.15, -0.1) is 0 Å². The summed E-state index contributed by atoms with van der Waals surface area (Å²) in [4.78, 5) is 41.0. The Morgan fingerprint density at radius 1 is 1.13 bits per heavy atom. The summed E-state index contributed by atoms with van der Waals surface area (Å²) in [6.07, 6.45) is 1.33. The molecule has 2 fully saturated rings. The molecule has 0 bridgehead atoms. The van der Waals surface area contributed by atoms with Gasteiger partial charge in [0, 0.05) is 24.6 Å². The normalized spacial score (nSPS) is 22.2. The largest absolute Gasteiger partial charge is 0.461 e. The van der Waals surface area contributed by atoms with Crippen LogP contribution in [-0.4, -0.2) is 56.7 Å². The number of primary amides is 1. The molecule has 3 N–H and O–H groups in total. The van der Waals surface area contributed by atoms with E-state index in [2.05, 4.69) is 19.9 Å². The molecule has 1 aromatic carbocycles. The van der Waals surface area contributed by atoms with Crippen molar-refractivity contribution in [3.8, 4) is 28.7 Å². The number of benzene rings is 1. The van der Waals surface area contributed by atoms with Gasteiger partial charge in [0.2, 0.25) is 6.29 Å². The van der Waals surface area contributed by atoms with Crippen molar-refractivity contribution in [3.05, 3.63) is 48.2 Å². The molecule has 0 unspecified atom stereocenters. The van der Waals surface area contributed by atoms with Crippen molar-refractivity contribution >= 4 is 11.9 Å². The summed E-state index contributed by atoms with van der Waals surface area (Å²) in [6, 6.07) is 7.78. The molecule has 1 aliphatic carbocycles. The first-order valence-electron chi connectivity index (χ1n) is 12.2. The summed E-state index contributed by atoms with van der Waals surface area (Å²) in [7, 11) is 0. The maximum atomic E-state index is 13.6. The molecular weight excluding hydrogens is 497 g/mol. The minimum atomic E-state index is -1.23. The van der Waals surface area contributed by atoms with Crippen LogP contribution in [0.3, 0.4) is 0 Å². The lowest BCUT2D eigenvalue weighted by atomic mass is 9.92. The Morgan fingerprint density at radius 2 is 1.82 bits per heavy atom. The van der Waals surface area contributed by atoms with Crippen molar-refractivity contribution in [2.45, 2.75) is 51.6 Å². The number of carbonyl (C=O) groups excluding carboxylic acids is 2. The predicted molar refractivity (Wildman–Crippen MR) is 131 cm³/mol. The number of hydrogen-bond acceptors (Lipinski definition) is 9. The number of rotatable bonds is 8. The lowest BCUT2D eigenvalue weighted by molar-refractivity contribution is -0.240. The van der Waals surface area contributed by atoms with Crippen LogP contribution < -0.4 is 10.5 Å². The molecule has 0 atom stereocenters. The maximum Gasteiger partial charge on any atom is 0.317 e. The number of esters is 1. The van der Waals surface area contributed by atoms with Gasteiger partial charge in [0.05, 0.1) is 36.4 Å². The summed E-state index contributed by atoms with van der Waals surface area (Å²) in [5, 5.41) is 0. The van der Waals surface area contributed by atoms with E-state index < -0.39 is 29.2 Å². The van der Waals surface area contributed by atoms with Gasteiger partial charge in [-0.05, 0) is 51.1 Å². The lowest BCUT2D eigenvalue weighted by Crippen LogP contribution is -2.47. The zero-order valence-corrected chi connectivity index (χ0v) is 21.2. The highest BCUT2D eigenvalue weighted by Crippen LogP contribution is 2.42. The third-order valence-corrected chi connectivity index (χ3v) is 6.33. The number of aromatic nitrogens is 4. The van der Waals surface area contributed by atoms with Crippen LogP contribution in [0.2, 0.25) is 0 Å². The van der Waals surface area contributed by atoms with Gasteiger partial charge in [-0.25, -0.2) is 14.4 Å². The Bertz CT molecular complexity index is 1350. The quantitative estimate of drug-likeness (QED) is 0.423. The molecule has 3 aromatic rings. The van der Waals surface area contributed by atoms with Crippen LogP contribution in [0, 0.1) is 11.2 Å². The Hall–Kier alpha value is -3.90. The summed E-state index contributed by atoms with van der Waals surface area (Å²) in [5.74, 6) is -1.32. The molecule has 1 amide bonds. The standard InChI is InChI=1S/C26H28FN5O6/c1-14(2)37-24-29-11-8-17(30-24)19-18(15-4-6-16(27)7-5-15)31-20(32-19)21-35-12-25(3,13-36-21)23(34)38-26(9-10-26)22(28)33/h4-8,11,14,21H,9-10,12-13H2,1-3H3,(H2,28,33)(H,31,32). The number of nitrogens with zero attached hydrogens (tertiary/aromatic N) is 3. The monoisotopic (exact) mass is 525 g/mol. The number of amides is 1. The number of halogens is 1. The van der Waals surface area contributed by atoms with Crippen molar-refractivity contribution < 1.29 is 32.9 Å². The topological polar surface area (TPSA) is 152 Å². The van der Waals surface area contributed by atoms with Gasteiger partial charge in [-0.1, -0.05) is 0 Å². The molecule has 38 heavy (non-hydrogen) atoms. The SMILES string of the molecule is CC(C)Oc1nccc(-c2[nH]c(C3OCC(C)(C(=O)OC4(C(N)=O)CC4)CO3)nc2-c2ccc(F)cc2)n1. The highest BCUT2D eigenvalue weighted by molar-refractivity contribution is 5.90. The molecule has 5 rings (SSSR count). The molecule has 11 nitrogen and oxygen atoms in total. The highest BCUT2D eigenvalue weighted by Gasteiger charge is 2.55. The molecule has 1 saturated heterocycles. The van der Waals surface area contributed by atoms with E-state index in [1.807, 2.05) is 13.8 Å². The molecule has 200 valence electrons. The van der Waals surface area contributed by atoms with Crippen LogP contribution in [0.4, 0.5) is 4.39 Å². The van der Waals surface area contributed by atoms with E-state index in [0.717, 1.165) is 0 Å². The molecule has 2 aliphatic rings. The van der Waals surface area contributed by atoms with Gasteiger partial charge in [-0.2, -0.15) is 4.98 Å². The Kier molecular flexibility index (Phi) is 6.61. The minimum absolute atomic E-state index is 0.0346. The third kappa shape index (κ3) is 5.09. The lowest BCUT2D eigenvalue weighted by Gasteiger charge is -2.35. The fourth-order valence-electron chi connectivity index (χ4n) is 3.95. The second-order valence-electron chi connectivity index (χ2n) is 10.0. The number of nitrogens with two attached hydrogens (primary N) is 1. The van der Waals surface area contributed by atoms with E-state index >= 15 is 0 Å². The molecule has 0 spiro atoms. The van der Waals surface area contributed by atoms with Crippen LogP contribution >= 0.6 is 0 Å². The second kappa shape index (κ2) is 9.76. The van der Waals surface area contributed by atoms with Crippen LogP contribution in [0.15, 0.2) is 36.5 Å². The van der Waals surface area contributed by atoms with Crippen molar-refractivity contribution in [2.75, 3.05) is 13.2 Å². The smallest absolute Gasteiger partial charge is 0.317 e. The Balaban J connectivity index is 1.40. The number of nitrogens with one attached hydrogen (secondary N) is 1. The van der Waals surface area contributed by atoms with Crippen molar-refractivity contribution in [3.63, 3.8) is 0 Å². The van der Waals surface area contributed by atoms with E-state index in [9.17, 15) is 14.0 Å². The van der Waals surface area contributed by atoms with Crippen LogP contribution in [-0.2, 0) is 23.8 Å². The number of imidazole rings is 1. The Labute approximate surface area is 217 Å². The molecule has 2 aromatic heterocycles. The Morgan fingerprint density at radius 3 is 2.42 bits per heavy atom. The number of aromatic amines is 1. The van der Waals surface area contributed by atoms with Gasteiger partial charge in [0.25, 0.3) is 5.91 Å². The summed E-state index contributed by atoms with van der Waals surface area (Å²) in [6.45, 7) is 5.31.